The molecule has 0 spiro atoms. The van der Waals surface area contributed by atoms with Crippen molar-refractivity contribution < 1.29 is 8.42 Å². The highest BCUT2D eigenvalue weighted by atomic mass is 79.9. The first-order chi connectivity index (χ1) is 9.29. The standard InChI is InChI=1S/C12H10BrClN2O3S/c1-7-4-8(2-3-10(7)13)16-20(18,19)9-5-11(14)12(17)15-6-9/h2-6,16H,1H3,(H,15,17). The summed E-state index contributed by atoms with van der Waals surface area (Å²) in [5.74, 6) is 0. The van der Waals surface area contributed by atoms with Crippen molar-refractivity contribution in [2.45, 2.75) is 11.8 Å². The van der Waals surface area contributed by atoms with Gasteiger partial charge in [-0.15, -0.1) is 0 Å². The molecule has 1 aromatic heterocycles. The molecule has 0 atom stereocenters. The van der Waals surface area contributed by atoms with E-state index in [1.54, 1.807) is 18.2 Å². The number of pyridine rings is 1. The van der Waals surface area contributed by atoms with Crippen molar-refractivity contribution in [1.29, 1.82) is 0 Å². The Hall–Kier alpha value is -1.31. The zero-order valence-electron chi connectivity index (χ0n) is 10.3. The molecule has 0 aliphatic carbocycles. The number of sulfonamides is 1. The van der Waals surface area contributed by atoms with Crippen molar-refractivity contribution in [2.75, 3.05) is 4.72 Å². The van der Waals surface area contributed by atoms with Crippen molar-refractivity contribution >= 4 is 43.2 Å². The number of hydrogen-bond donors (Lipinski definition) is 2. The number of aryl methyl sites for hydroxylation is 1. The fourth-order valence-corrected chi connectivity index (χ4v) is 3.04. The summed E-state index contributed by atoms with van der Waals surface area (Å²) in [6, 6.07) is 6.16. The monoisotopic (exact) mass is 376 g/mol. The van der Waals surface area contributed by atoms with Crippen molar-refractivity contribution in [3.05, 3.63) is 55.9 Å². The quantitative estimate of drug-likeness (QED) is 0.863. The Morgan fingerprint density at radius 2 is 2.00 bits per heavy atom. The highest BCUT2D eigenvalue weighted by molar-refractivity contribution is 9.10. The molecule has 106 valence electrons. The second kappa shape index (κ2) is 5.59. The van der Waals surface area contributed by atoms with E-state index in [1.807, 2.05) is 6.92 Å². The SMILES string of the molecule is Cc1cc(NS(=O)(=O)c2c[nH]c(=O)c(Cl)c2)ccc1Br. The molecule has 0 bridgehead atoms. The van der Waals surface area contributed by atoms with E-state index in [4.69, 9.17) is 11.6 Å². The van der Waals surface area contributed by atoms with Gasteiger partial charge >= 0.3 is 0 Å². The van der Waals surface area contributed by atoms with Gasteiger partial charge in [0.05, 0.1) is 0 Å². The minimum atomic E-state index is -3.80. The fourth-order valence-electron chi connectivity index (χ4n) is 1.52. The maximum Gasteiger partial charge on any atom is 0.266 e. The molecule has 0 aliphatic rings. The van der Waals surface area contributed by atoms with Crippen LogP contribution in [0.3, 0.4) is 0 Å². The molecule has 5 nitrogen and oxygen atoms in total. The van der Waals surface area contributed by atoms with Gasteiger partial charge in [0.25, 0.3) is 15.6 Å². The average molecular weight is 378 g/mol. The number of rotatable bonds is 3. The van der Waals surface area contributed by atoms with E-state index >= 15 is 0 Å². The Labute approximate surface area is 129 Å². The van der Waals surface area contributed by atoms with Crippen LogP contribution < -0.4 is 10.3 Å². The normalized spacial score (nSPS) is 11.3. The smallest absolute Gasteiger partial charge is 0.266 e. The van der Waals surface area contributed by atoms with E-state index in [9.17, 15) is 13.2 Å². The van der Waals surface area contributed by atoms with Gasteiger partial charge in [-0.25, -0.2) is 8.42 Å². The van der Waals surface area contributed by atoms with Crippen LogP contribution in [0, 0.1) is 6.92 Å². The van der Waals surface area contributed by atoms with Gasteiger partial charge in [-0.2, -0.15) is 0 Å². The largest absolute Gasteiger partial charge is 0.326 e. The number of aromatic amines is 1. The highest BCUT2D eigenvalue weighted by Crippen LogP contribution is 2.22. The van der Waals surface area contributed by atoms with Gasteiger partial charge in [0.15, 0.2) is 0 Å². The number of H-pyrrole nitrogens is 1. The molecule has 1 aromatic carbocycles. The zero-order chi connectivity index (χ0) is 14.9. The van der Waals surface area contributed by atoms with Crippen molar-refractivity contribution in [3.63, 3.8) is 0 Å². The van der Waals surface area contributed by atoms with Crippen LogP contribution in [0.1, 0.15) is 5.56 Å². The molecule has 0 saturated heterocycles. The first-order valence-corrected chi connectivity index (χ1v) is 8.12. The van der Waals surface area contributed by atoms with E-state index < -0.39 is 15.6 Å². The molecule has 2 rings (SSSR count). The summed E-state index contributed by atoms with van der Waals surface area (Å²) in [6.07, 6.45) is 1.10. The maximum absolute atomic E-state index is 12.2. The summed E-state index contributed by atoms with van der Waals surface area (Å²) < 4.78 is 27.6. The predicted molar refractivity (Wildman–Crippen MR) is 81.8 cm³/mol. The zero-order valence-corrected chi connectivity index (χ0v) is 13.4. The van der Waals surface area contributed by atoms with Gasteiger partial charge in [-0.05, 0) is 36.8 Å². The highest BCUT2D eigenvalue weighted by Gasteiger charge is 2.16. The lowest BCUT2D eigenvalue weighted by Crippen LogP contribution is -2.16. The first-order valence-electron chi connectivity index (χ1n) is 5.47. The average Bonchev–Trinajstić information content (AvgIpc) is 2.37. The molecule has 2 N–H and O–H groups in total. The van der Waals surface area contributed by atoms with Crippen LogP contribution in [0.5, 0.6) is 0 Å². The van der Waals surface area contributed by atoms with Crippen molar-refractivity contribution in [2.24, 2.45) is 0 Å². The van der Waals surface area contributed by atoms with Crippen LogP contribution in [-0.2, 0) is 10.0 Å². The van der Waals surface area contributed by atoms with Crippen LogP contribution in [-0.4, -0.2) is 13.4 Å². The number of hydrogen-bond acceptors (Lipinski definition) is 3. The lowest BCUT2D eigenvalue weighted by atomic mass is 10.2. The Balaban J connectivity index is 2.37. The topological polar surface area (TPSA) is 79.0 Å². The van der Waals surface area contributed by atoms with Gasteiger partial charge < -0.3 is 4.98 Å². The second-order valence-electron chi connectivity index (χ2n) is 4.08. The van der Waals surface area contributed by atoms with E-state index in [0.29, 0.717) is 5.69 Å². The molecule has 1 heterocycles. The van der Waals surface area contributed by atoms with E-state index in [0.717, 1.165) is 22.3 Å². The summed E-state index contributed by atoms with van der Waals surface area (Å²) in [7, 11) is -3.80. The Morgan fingerprint density at radius 1 is 1.30 bits per heavy atom. The third kappa shape index (κ3) is 3.23. The third-order valence-corrected chi connectivity index (χ3v) is 5.08. The summed E-state index contributed by atoms with van der Waals surface area (Å²) in [5, 5.41) is -0.181. The van der Waals surface area contributed by atoms with Crippen LogP contribution in [0.4, 0.5) is 5.69 Å². The number of nitrogens with one attached hydrogen (secondary N) is 2. The van der Waals surface area contributed by atoms with E-state index in [-0.39, 0.29) is 9.92 Å². The second-order valence-corrected chi connectivity index (χ2v) is 7.03. The number of benzene rings is 1. The molecule has 0 saturated carbocycles. The molecule has 0 radical (unpaired) electrons. The number of aromatic nitrogens is 1. The summed E-state index contributed by atoms with van der Waals surface area (Å²) in [6.45, 7) is 1.85. The molecule has 0 unspecified atom stereocenters. The van der Waals surface area contributed by atoms with Crippen LogP contribution in [0.2, 0.25) is 5.02 Å². The lowest BCUT2D eigenvalue weighted by Gasteiger charge is -2.09. The first kappa shape index (κ1) is 15.1. The predicted octanol–water partition coefficient (Wildman–Crippen LogP) is 2.90. The van der Waals surface area contributed by atoms with Crippen molar-refractivity contribution in [3.8, 4) is 0 Å². The lowest BCUT2D eigenvalue weighted by molar-refractivity contribution is 0.600. The fraction of sp³-hybridized carbons (Fsp3) is 0.0833. The molecule has 20 heavy (non-hydrogen) atoms. The van der Waals surface area contributed by atoms with Crippen molar-refractivity contribution in [1.82, 2.24) is 4.98 Å². The van der Waals surface area contributed by atoms with Gasteiger partial charge in [-0.1, -0.05) is 27.5 Å². The van der Waals surface area contributed by atoms with Crippen LogP contribution >= 0.6 is 27.5 Å². The maximum atomic E-state index is 12.2. The summed E-state index contributed by atoms with van der Waals surface area (Å²) >= 11 is 8.96. The molecule has 0 aliphatic heterocycles. The van der Waals surface area contributed by atoms with Gasteiger partial charge in [-0.3, -0.25) is 9.52 Å². The molecule has 0 fully saturated rings. The van der Waals surface area contributed by atoms with Crippen LogP contribution in [0.25, 0.3) is 0 Å². The Morgan fingerprint density at radius 3 is 2.60 bits per heavy atom. The molecular formula is C12H10BrClN2O3S. The summed E-state index contributed by atoms with van der Waals surface area (Å²) in [5.41, 5.74) is 0.780. The van der Waals surface area contributed by atoms with Gasteiger partial charge in [0, 0.05) is 16.4 Å². The minimum Gasteiger partial charge on any atom is -0.326 e. The van der Waals surface area contributed by atoms with Crippen LogP contribution in [0.15, 0.2) is 44.6 Å². The van der Waals surface area contributed by atoms with E-state index in [2.05, 4.69) is 25.6 Å². The molecule has 8 heteroatoms. The molecule has 2 aromatic rings. The van der Waals surface area contributed by atoms with Gasteiger partial charge in [0.1, 0.15) is 9.92 Å². The van der Waals surface area contributed by atoms with Gasteiger partial charge in [0.2, 0.25) is 0 Å². The molecule has 0 amide bonds. The third-order valence-electron chi connectivity index (χ3n) is 2.55. The summed E-state index contributed by atoms with van der Waals surface area (Å²) in [4.78, 5) is 13.3. The Bertz CT molecular complexity index is 818. The Kier molecular flexibility index (Phi) is 4.22. The molecular weight excluding hydrogens is 368 g/mol. The minimum absolute atomic E-state index is 0.109. The number of anilines is 1. The van der Waals surface area contributed by atoms with E-state index in [1.165, 1.54) is 0 Å². The number of halogens is 2.